The molecule has 3 heterocycles. The van der Waals surface area contributed by atoms with Gasteiger partial charge >= 0.3 is 0 Å². The second kappa shape index (κ2) is 8.50. The third-order valence-corrected chi connectivity index (χ3v) is 6.67. The topological polar surface area (TPSA) is 80.4 Å². The Morgan fingerprint density at radius 2 is 1.94 bits per heavy atom. The van der Waals surface area contributed by atoms with Crippen LogP contribution in [0.15, 0.2) is 53.1 Å². The van der Waals surface area contributed by atoms with Gasteiger partial charge < -0.3 is 9.73 Å². The maximum Gasteiger partial charge on any atom is 0.277 e. The Balaban J connectivity index is 1.55. The van der Waals surface area contributed by atoms with Crippen LogP contribution in [0.3, 0.4) is 0 Å². The third-order valence-electron chi connectivity index (χ3n) is 6.67. The summed E-state index contributed by atoms with van der Waals surface area (Å²) >= 11 is 0. The number of rotatable bonds is 4. The molecule has 8 heteroatoms. The van der Waals surface area contributed by atoms with Crippen molar-refractivity contribution in [1.82, 2.24) is 15.1 Å². The number of anilines is 1. The van der Waals surface area contributed by atoms with E-state index in [2.05, 4.69) is 10.4 Å². The van der Waals surface area contributed by atoms with Crippen LogP contribution in [0.5, 0.6) is 0 Å². The molecule has 2 aromatic heterocycles. The number of furan rings is 1. The molecule has 1 saturated carbocycles. The maximum absolute atomic E-state index is 14.1. The van der Waals surface area contributed by atoms with E-state index < -0.39 is 17.3 Å². The lowest BCUT2D eigenvalue weighted by molar-refractivity contribution is -0.127. The van der Waals surface area contributed by atoms with Crippen molar-refractivity contribution in [3.05, 3.63) is 60.2 Å². The van der Waals surface area contributed by atoms with E-state index in [1.807, 2.05) is 0 Å². The summed E-state index contributed by atoms with van der Waals surface area (Å²) in [5.41, 5.74) is -0.108. The minimum absolute atomic E-state index is 0.0685. The van der Waals surface area contributed by atoms with Crippen LogP contribution in [-0.4, -0.2) is 33.2 Å². The SMILES string of the molecule is CC1(C(=O)NC2CCCCCC2)Cn2nc(-c3ccco3)cc2C(=O)N1c1cccc(F)c1. The van der Waals surface area contributed by atoms with Crippen molar-refractivity contribution in [1.29, 1.82) is 0 Å². The lowest BCUT2D eigenvalue weighted by Gasteiger charge is -2.43. The Morgan fingerprint density at radius 1 is 1.15 bits per heavy atom. The molecule has 2 amide bonds. The van der Waals surface area contributed by atoms with E-state index in [1.54, 1.807) is 48.2 Å². The van der Waals surface area contributed by atoms with Crippen LogP contribution in [0, 0.1) is 5.82 Å². The molecule has 0 bridgehead atoms. The number of nitrogens with zero attached hydrogens (tertiary/aromatic N) is 3. The fourth-order valence-corrected chi connectivity index (χ4v) is 4.91. The lowest BCUT2D eigenvalue weighted by atomic mass is 9.93. The minimum atomic E-state index is -1.28. The Bertz CT molecular complexity index is 1160. The predicted octanol–water partition coefficient (Wildman–Crippen LogP) is 4.54. The molecule has 1 aromatic carbocycles. The first-order valence-electron chi connectivity index (χ1n) is 11.5. The number of halogens is 1. The number of amides is 2. The first kappa shape index (κ1) is 21.4. The zero-order valence-corrected chi connectivity index (χ0v) is 18.6. The van der Waals surface area contributed by atoms with Gasteiger partial charge in [-0.2, -0.15) is 5.10 Å². The van der Waals surface area contributed by atoms with Gasteiger partial charge in [-0.1, -0.05) is 31.7 Å². The van der Waals surface area contributed by atoms with E-state index in [0.29, 0.717) is 22.8 Å². The average molecular weight is 451 g/mol. The highest BCUT2D eigenvalue weighted by molar-refractivity contribution is 6.12. The molecule has 1 N–H and O–H groups in total. The van der Waals surface area contributed by atoms with Crippen LogP contribution in [0.25, 0.3) is 11.5 Å². The van der Waals surface area contributed by atoms with Gasteiger partial charge in [-0.15, -0.1) is 0 Å². The number of fused-ring (bicyclic) bond motifs is 1. The van der Waals surface area contributed by atoms with Crippen molar-refractivity contribution in [3.63, 3.8) is 0 Å². The van der Waals surface area contributed by atoms with Gasteiger partial charge in [-0.3, -0.25) is 19.2 Å². The molecule has 172 valence electrons. The number of benzene rings is 1. The van der Waals surface area contributed by atoms with Crippen LogP contribution in [-0.2, 0) is 11.3 Å². The Labute approximate surface area is 191 Å². The molecule has 1 unspecified atom stereocenters. The summed E-state index contributed by atoms with van der Waals surface area (Å²) in [5, 5.41) is 7.73. The highest BCUT2D eigenvalue weighted by atomic mass is 19.1. The summed E-state index contributed by atoms with van der Waals surface area (Å²) in [6, 6.07) is 11.0. The molecule has 0 saturated heterocycles. The van der Waals surface area contributed by atoms with E-state index in [9.17, 15) is 14.0 Å². The van der Waals surface area contributed by atoms with Crippen molar-refractivity contribution in [2.45, 2.75) is 63.6 Å². The molecular weight excluding hydrogens is 423 g/mol. The van der Waals surface area contributed by atoms with E-state index in [-0.39, 0.29) is 18.5 Å². The summed E-state index contributed by atoms with van der Waals surface area (Å²) in [6.07, 6.45) is 7.87. The zero-order valence-electron chi connectivity index (χ0n) is 18.6. The van der Waals surface area contributed by atoms with Crippen molar-refractivity contribution < 1.29 is 18.4 Å². The molecule has 1 aliphatic heterocycles. The van der Waals surface area contributed by atoms with Crippen molar-refractivity contribution >= 4 is 17.5 Å². The van der Waals surface area contributed by atoms with Crippen LogP contribution in [0.2, 0.25) is 0 Å². The van der Waals surface area contributed by atoms with E-state index >= 15 is 0 Å². The minimum Gasteiger partial charge on any atom is -0.463 e. The fraction of sp³-hybridized carbons (Fsp3) is 0.400. The van der Waals surface area contributed by atoms with Gasteiger partial charge in [0.2, 0.25) is 5.91 Å². The number of carbonyl (C=O) groups excluding carboxylic acids is 2. The quantitative estimate of drug-likeness (QED) is 0.592. The van der Waals surface area contributed by atoms with Gasteiger partial charge in [-0.05, 0) is 50.1 Å². The van der Waals surface area contributed by atoms with Crippen LogP contribution >= 0.6 is 0 Å². The molecule has 1 aliphatic carbocycles. The molecule has 7 nitrogen and oxygen atoms in total. The van der Waals surface area contributed by atoms with Gasteiger partial charge in [-0.25, -0.2) is 4.39 Å². The molecule has 5 rings (SSSR count). The Hall–Kier alpha value is -3.42. The van der Waals surface area contributed by atoms with Crippen molar-refractivity contribution in [2.24, 2.45) is 0 Å². The standard InChI is InChI=1S/C25H27FN4O3/c1-25(24(32)27-18-9-4-2-3-5-10-18)16-29-21(15-20(28-29)22-12-7-13-33-22)23(31)30(25)19-11-6-8-17(26)14-19/h6-8,11-15,18H,2-5,9-10,16H2,1H3,(H,27,32). The van der Waals surface area contributed by atoms with Crippen LogP contribution in [0.1, 0.15) is 55.9 Å². The molecular formula is C25H27FN4O3. The second-order valence-electron chi connectivity index (χ2n) is 9.11. The molecule has 3 aromatic rings. The predicted molar refractivity (Wildman–Crippen MR) is 121 cm³/mol. The monoisotopic (exact) mass is 450 g/mol. The van der Waals surface area contributed by atoms with Gasteiger partial charge in [0.15, 0.2) is 5.76 Å². The third kappa shape index (κ3) is 3.94. The summed E-state index contributed by atoms with van der Waals surface area (Å²) in [4.78, 5) is 28.8. The summed E-state index contributed by atoms with van der Waals surface area (Å²) in [6.45, 7) is 1.86. The summed E-state index contributed by atoms with van der Waals surface area (Å²) < 4.78 is 21.1. The van der Waals surface area contributed by atoms with Gasteiger partial charge in [0.25, 0.3) is 5.91 Å². The van der Waals surface area contributed by atoms with E-state index in [1.165, 1.54) is 29.9 Å². The van der Waals surface area contributed by atoms with Gasteiger partial charge in [0, 0.05) is 17.8 Å². The summed E-state index contributed by atoms with van der Waals surface area (Å²) in [5.74, 6) is -0.600. The largest absolute Gasteiger partial charge is 0.463 e. The van der Waals surface area contributed by atoms with Crippen molar-refractivity contribution in [3.8, 4) is 11.5 Å². The number of hydrogen-bond donors (Lipinski definition) is 1. The van der Waals surface area contributed by atoms with E-state index in [0.717, 1.165) is 25.7 Å². The van der Waals surface area contributed by atoms with Crippen LogP contribution < -0.4 is 10.2 Å². The molecule has 1 fully saturated rings. The molecule has 1 atom stereocenters. The first-order valence-corrected chi connectivity index (χ1v) is 11.5. The zero-order chi connectivity index (χ0) is 23.0. The lowest BCUT2D eigenvalue weighted by Crippen LogP contribution is -2.65. The van der Waals surface area contributed by atoms with Gasteiger partial charge in [0.1, 0.15) is 22.7 Å². The molecule has 2 aliphatic rings. The number of aromatic nitrogens is 2. The highest BCUT2D eigenvalue weighted by Gasteiger charge is 2.49. The van der Waals surface area contributed by atoms with E-state index in [4.69, 9.17) is 4.42 Å². The normalized spacial score (nSPS) is 21.5. The van der Waals surface area contributed by atoms with Gasteiger partial charge in [0.05, 0.1) is 12.8 Å². The molecule has 0 spiro atoms. The second-order valence-corrected chi connectivity index (χ2v) is 9.11. The summed E-state index contributed by atoms with van der Waals surface area (Å²) in [7, 11) is 0. The number of hydrogen-bond acceptors (Lipinski definition) is 4. The highest BCUT2D eigenvalue weighted by Crippen LogP contribution is 2.35. The Morgan fingerprint density at radius 3 is 2.64 bits per heavy atom. The van der Waals surface area contributed by atoms with Crippen LogP contribution in [0.4, 0.5) is 10.1 Å². The average Bonchev–Trinajstić information content (AvgIpc) is 3.39. The fourth-order valence-electron chi connectivity index (χ4n) is 4.91. The Kier molecular flexibility index (Phi) is 5.52. The number of carbonyl (C=O) groups is 2. The van der Waals surface area contributed by atoms with Crippen molar-refractivity contribution in [2.75, 3.05) is 4.90 Å². The smallest absolute Gasteiger partial charge is 0.277 e. The number of nitrogens with one attached hydrogen (secondary N) is 1. The maximum atomic E-state index is 14.1. The first-order chi connectivity index (χ1) is 16.0. The molecule has 0 radical (unpaired) electrons. The molecule has 33 heavy (non-hydrogen) atoms.